The third-order valence-electron chi connectivity index (χ3n) is 4.69. The van der Waals surface area contributed by atoms with E-state index in [9.17, 15) is 14.4 Å². The van der Waals surface area contributed by atoms with Gasteiger partial charge in [-0.2, -0.15) is 0 Å². The zero-order chi connectivity index (χ0) is 22.5. The SMILES string of the molecule is CCCOc1ccc(Br)cc1/C=C1/SC(=O)N(CC(=O)Nc2ccc(C)c(C)c2)C1=O. The van der Waals surface area contributed by atoms with Crippen LogP contribution >= 0.6 is 27.7 Å². The zero-order valence-corrected chi connectivity index (χ0v) is 19.9. The van der Waals surface area contributed by atoms with Crippen molar-refractivity contribution in [2.45, 2.75) is 27.2 Å². The van der Waals surface area contributed by atoms with Gasteiger partial charge in [-0.05, 0) is 79.6 Å². The molecule has 0 unspecified atom stereocenters. The van der Waals surface area contributed by atoms with Crippen LogP contribution in [0.4, 0.5) is 10.5 Å². The maximum Gasteiger partial charge on any atom is 0.294 e. The van der Waals surface area contributed by atoms with E-state index in [4.69, 9.17) is 4.74 Å². The van der Waals surface area contributed by atoms with Crippen molar-refractivity contribution >= 4 is 56.5 Å². The average Bonchev–Trinajstić information content (AvgIpc) is 2.97. The topological polar surface area (TPSA) is 75.7 Å². The van der Waals surface area contributed by atoms with Crippen molar-refractivity contribution in [1.82, 2.24) is 4.90 Å². The van der Waals surface area contributed by atoms with Crippen molar-refractivity contribution in [2.75, 3.05) is 18.5 Å². The number of nitrogens with one attached hydrogen (secondary N) is 1. The number of imide groups is 1. The molecule has 0 bridgehead atoms. The van der Waals surface area contributed by atoms with Crippen molar-refractivity contribution < 1.29 is 19.1 Å². The summed E-state index contributed by atoms with van der Waals surface area (Å²) in [5.41, 5.74) is 3.47. The number of nitrogens with zero attached hydrogens (tertiary/aromatic N) is 1. The highest BCUT2D eigenvalue weighted by molar-refractivity contribution is 9.10. The molecule has 1 aliphatic rings. The molecule has 1 heterocycles. The number of anilines is 1. The molecule has 0 aromatic heterocycles. The lowest BCUT2D eigenvalue weighted by Crippen LogP contribution is -2.36. The van der Waals surface area contributed by atoms with Gasteiger partial charge in [-0.15, -0.1) is 0 Å². The molecule has 6 nitrogen and oxygen atoms in total. The molecule has 0 saturated carbocycles. The highest BCUT2D eigenvalue weighted by Crippen LogP contribution is 2.35. The minimum absolute atomic E-state index is 0.253. The molecule has 3 amide bonds. The number of thioether (sulfide) groups is 1. The van der Waals surface area contributed by atoms with Crippen LogP contribution in [0.25, 0.3) is 6.08 Å². The number of aryl methyl sites for hydroxylation is 2. The predicted octanol–water partition coefficient (Wildman–Crippen LogP) is 5.53. The van der Waals surface area contributed by atoms with E-state index in [1.54, 1.807) is 12.1 Å². The molecule has 8 heteroatoms. The number of carbonyl (C=O) groups excluding carboxylic acids is 3. The summed E-state index contributed by atoms with van der Waals surface area (Å²) in [5.74, 6) is -0.294. The lowest BCUT2D eigenvalue weighted by Gasteiger charge is -2.13. The van der Waals surface area contributed by atoms with E-state index in [0.29, 0.717) is 23.6 Å². The van der Waals surface area contributed by atoms with Gasteiger partial charge >= 0.3 is 0 Å². The molecule has 2 aromatic carbocycles. The Kier molecular flexibility index (Phi) is 7.56. The Morgan fingerprint density at radius 2 is 1.94 bits per heavy atom. The molecule has 31 heavy (non-hydrogen) atoms. The van der Waals surface area contributed by atoms with E-state index in [2.05, 4.69) is 21.2 Å². The highest BCUT2D eigenvalue weighted by atomic mass is 79.9. The monoisotopic (exact) mass is 502 g/mol. The van der Waals surface area contributed by atoms with E-state index in [1.807, 2.05) is 51.1 Å². The quantitative estimate of drug-likeness (QED) is 0.503. The molecule has 3 rings (SSSR count). The van der Waals surface area contributed by atoms with E-state index in [-0.39, 0.29) is 11.4 Å². The molecule has 0 radical (unpaired) electrons. The largest absolute Gasteiger partial charge is 0.493 e. The summed E-state index contributed by atoms with van der Waals surface area (Å²) in [6.45, 7) is 6.15. The summed E-state index contributed by atoms with van der Waals surface area (Å²) in [6.07, 6.45) is 2.48. The van der Waals surface area contributed by atoms with Gasteiger partial charge in [0.05, 0.1) is 11.5 Å². The summed E-state index contributed by atoms with van der Waals surface area (Å²) in [5, 5.41) is 2.27. The molecule has 0 atom stereocenters. The molecular formula is C23H23BrN2O4S. The van der Waals surface area contributed by atoms with Gasteiger partial charge in [0.25, 0.3) is 11.1 Å². The molecule has 1 aliphatic heterocycles. The fourth-order valence-corrected chi connectivity index (χ4v) is 4.12. The highest BCUT2D eigenvalue weighted by Gasteiger charge is 2.36. The summed E-state index contributed by atoms with van der Waals surface area (Å²) in [6, 6.07) is 11.0. The number of halogens is 1. The first-order valence-electron chi connectivity index (χ1n) is 9.83. The van der Waals surface area contributed by atoms with Gasteiger partial charge in [-0.25, -0.2) is 0 Å². The fraction of sp³-hybridized carbons (Fsp3) is 0.261. The van der Waals surface area contributed by atoms with Gasteiger partial charge < -0.3 is 10.1 Å². The maximum atomic E-state index is 12.8. The number of hydrogen-bond donors (Lipinski definition) is 1. The van der Waals surface area contributed by atoms with Crippen LogP contribution in [0, 0.1) is 13.8 Å². The van der Waals surface area contributed by atoms with Crippen molar-refractivity contribution in [1.29, 1.82) is 0 Å². The summed E-state index contributed by atoms with van der Waals surface area (Å²) >= 11 is 4.24. The Morgan fingerprint density at radius 3 is 2.65 bits per heavy atom. The van der Waals surface area contributed by atoms with Crippen molar-refractivity contribution in [2.24, 2.45) is 0 Å². The van der Waals surface area contributed by atoms with Crippen LogP contribution < -0.4 is 10.1 Å². The zero-order valence-electron chi connectivity index (χ0n) is 17.5. The second-order valence-electron chi connectivity index (χ2n) is 7.15. The first-order chi connectivity index (χ1) is 14.8. The minimum atomic E-state index is -0.494. The van der Waals surface area contributed by atoms with Gasteiger partial charge in [0, 0.05) is 15.7 Å². The molecule has 162 valence electrons. The van der Waals surface area contributed by atoms with Crippen LogP contribution in [-0.4, -0.2) is 35.1 Å². The molecule has 2 aromatic rings. The predicted molar refractivity (Wildman–Crippen MR) is 127 cm³/mol. The van der Waals surface area contributed by atoms with Crippen LogP contribution in [0.1, 0.15) is 30.0 Å². The fourth-order valence-electron chi connectivity index (χ4n) is 2.92. The van der Waals surface area contributed by atoms with Crippen LogP contribution in [0.3, 0.4) is 0 Å². The van der Waals surface area contributed by atoms with E-state index < -0.39 is 17.1 Å². The summed E-state index contributed by atoms with van der Waals surface area (Å²) in [4.78, 5) is 38.8. The first-order valence-corrected chi connectivity index (χ1v) is 11.4. The van der Waals surface area contributed by atoms with Crippen molar-refractivity contribution in [3.05, 3.63) is 62.5 Å². The second-order valence-corrected chi connectivity index (χ2v) is 9.05. The number of rotatable bonds is 7. The lowest BCUT2D eigenvalue weighted by atomic mass is 10.1. The molecule has 1 N–H and O–H groups in total. The third kappa shape index (κ3) is 5.77. The molecular weight excluding hydrogens is 480 g/mol. The van der Waals surface area contributed by atoms with Gasteiger partial charge in [-0.3, -0.25) is 19.3 Å². The van der Waals surface area contributed by atoms with E-state index in [0.717, 1.165) is 38.7 Å². The molecule has 0 aliphatic carbocycles. The molecule has 1 fully saturated rings. The number of carbonyl (C=O) groups is 3. The molecule has 0 spiro atoms. The summed E-state index contributed by atoms with van der Waals surface area (Å²) in [7, 11) is 0. The Labute approximate surface area is 194 Å². The average molecular weight is 503 g/mol. The normalized spacial score (nSPS) is 15.0. The Bertz CT molecular complexity index is 1070. The first kappa shape index (κ1) is 23.1. The third-order valence-corrected chi connectivity index (χ3v) is 6.09. The van der Waals surface area contributed by atoms with Crippen molar-refractivity contribution in [3.63, 3.8) is 0 Å². The van der Waals surface area contributed by atoms with Crippen LogP contribution in [0.5, 0.6) is 5.75 Å². The van der Waals surface area contributed by atoms with E-state index >= 15 is 0 Å². The lowest BCUT2D eigenvalue weighted by molar-refractivity contribution is -0.127. The summed E-state index contributed by atoms with van der Waals surface area (Å²) < 4.78 is 6.57. The number of amides is 3. The minimum Gasteiger partial charge on any atom is -0.493 e. The Morgan fingerprint density at radius 1 is 1.16 bits per heavy atom. The van der Waals surface area contributed by atoms with Crippen LogP contribution in [0.15, 0.2) is 45.8 Å². The van der Waals surface area contributed by atoms with Crippen LogP contribution in [0.2, 0.25) is 0 Å². The second kappa shape index (κ2) is 10.2. The van der Waals surface area contributed by atoms with Crippen molar-refractivity contribution in [3.8, 4) is 5.75 Å². The standard InChI is InChI=1S/C23H23BrN2O4S/c1-4-9-30-19-8-6-17(24)11-16(19)12-20-22(28)26(23(29)31-20)13-21(27)25-18-7-5-14(2)15(3)10-18/h5-8,10-12H,4,9,13H2,1-3H3,(H,25,27)/b20-12+. The number of benzene rings is 2. The Hall–Kier alpha value is -2.58. The number of ether oxygens (including phenoxy) is 1. The maximum absolute atomic E-state index is 12.8. The van der Waals surface area contributed by atoms with Gasteiger partial charge in [0.2, 0.25) is 5.91 Å². The number of hydrogen-bond acceptors (Lipinski definition) is 5. The van der Waals surface area contributed by atoms with Gasteiger partial charge in [0.1, 0.15) is 12.3 Å². The van der Waals surface area contributed by atoms with Gasteiger partial charge in [-0.1, -0.05) is 28.9 Å². The van der Waals surface area contributed by atoms with Gasteiger partial charge in [0.15, 0.2) is 0 Å². The smallest absolute Gasteiger partial charge is 0.294 e. The van der Waals surface area contributed by atoms with E-state index in [1.165, 1.54) is 0 Å². The Balaban J connectivity index is 1.74. The van der Waals surface area contributed by atoms with Crippen LogP contribution in [-0.2, 0) is 9.59 Å². The molecule has 1 saturated heterocycles.